The summed E-state index contributed by atoms with van der Waals surface area (Å²) < 4.78 is 19.0. The van der Waals surface area contributed by atoms with Crippen molar-refractivity contribution in [3.05, 3.63) is 73.1 Å². The van der Waals surface area contributed by atoms with Crippen molar-refractivity contribution in [3.8, 4) is 22.9 Å². The van der Waals surface area contributed by atoms with Gasteiger partial charge < -0.3 is 18.8 Å². The summed E-state index contributed by atoms with van der Waals surface area (Å²) in [5, 5.41) is 4.18. The van der Waals surface area contributed by atoms with Crippen LogP contribution in [-0.2, 0) is 14.3 Å². The van der Waals surface area contributed by atoms with Crippen molar-refractivity contribution in [2.24, 2.45) is 0 Å². The highest BCUT2D eigenvalue weighted by Gasteiger charge is 2.52. The van der Waals surface area contributed by atoms with Crippen LogP contribution in [0.3, 0.4) is 0 Å². The van der Waals surface area contributed by atoms with E-state index in [0.717, 1.165) is 5.69 Å². The third-order valence-electron chi connectivity index (χ3n) is 5.08. The number of hydrogen-bond acceptors (Lipinski definition) is 6. The molecule has 1 saturated heterocycles. The molecular formula is C24H23N3O6. The maximum Gasteiger partial charge on any atom is 0.328 e. The highest BCUT2D eigenvalue weighted by molar-refractivity contribution is 6.21. The van der Waals surface area contributed by atoms with E-state index in [-0.39, 0.29) is 18.8 Å². The molecular weight excluding hydrogens is 426 g/mol. The van der Waals surface area contributed by atoms with E-state index in [1.807, 2.05) is 53.4 Å². The number of barbiturate groups is 1. The van der Waals surface area contributed by atoms with Gasteiger partial charge in [-0.05, 0) is 67.6 Å². The number of urea groups is 1. The van der Waals surface area contributed by atoms with Crippen LogP contribution in [0.1, 0.15) is 13.3 Å². The molecule has 9 nitrogen and oxygen atoms in total. The van der Waals surface area contributed by atoms with Gasteiger partial charge in [0.1, 0.15) is 17.2 Å². The van der Waals surface area contributed by atoms with E-state index in [4.69, 9.17) is 14.2 Å². The molecule has 1 aromatic heterocycles. The third-order valence-corrected chi connectivity index (χ3v) is 5.08. The van der Waals surface area contributed by atoms with Crippen LogP contribution in [0.25, 0.3) is 5.69 Å². The number of imide groups is 2. The Hall–Kier alpha value is -4.11. The van der Waals surface area contributed by atoms with Gasteiger partial charge in [-0.3, -0.25) is 20.2 Å². The van der Waals surface area contributed by atoms with Crippen LogP contribution >= 0.6 is 0 Å². The van der Waals surface area contributed by atoms with E-state index in [9.17, 15) is 14.4 Å². The predicted octanol–water partition coefficient (Wildman–Crippen LogP) is 3.18. The molecule has 4 amide bonds. The molecule has 4 rings (SSSR count). The number of hydrogen-bond donors (Lipinski definition) is 2. The summed E-state index contributed by atoms with van der Waals surface area (Å²) in [7, 11) is 0. The van der Waals surface area contributed by atoms with E-state index in [2.05, 4.69) is 10.6 Å². The number of nitrogens with zero attached hydrogens (tertiary/aromatic N) is 1. The molecule has 0 aliphatic carbocycles. The van der Waals surface area contributed by atoms with Gasteiger partial charge in [0, 0.05) is 31.1 Å². The average molecular weight is 449 g/mol. The van der Waals surface area contributed by atoms with Crippen molar-refractivity contribution in [1.29, 1.82) is 0 Å². The minimum Gasteiger partial charge on any atom is -0.467 e. The van der Waals surface area contributed by atoms with Gasteiger partial charge >= 0.3 is 6.03 Å². The monoisotopic (exact) mass is 449 g/mol. The number of amides is 4. The van der Waals surface area contributed by atoms with Crippen LogP contribution in [0, 0.1) is 0 Å². The lowest BCUT2D eigenvalue weighted by Gasteiger charge is -2.34. The van der Waals surface area contributed by atoms with Gasteiger partial charge in [0.15, 0.2) is 0 Å². The van der Waals surface area contributed by atoms with Gasteiger partial charge in [-0.2, -0.15) is 0 Å². The van der Waals surface area contributed by atoms with Crippen LogP contribution in [0.4, 0.5) is 4.79 Å². The Morgan fingerprint density at radius 1 is 0.818 bits per heavy atom. The smallest absolute Gasteiger partial charge is 0.328 e. The van der Waals surface area contributed by atoms with Crippen molar-refractivity contribution in [3.63, 3.8) is 0 Å². The molecule has 1 fully saturated rings. The molecule has 1 aliphatic heterocycles. The minimum atomic E-state index is -1.92. The molecule has 2 aromatic carbocycles. The van der Waals surface area contributed by atoms with Crippen molar-refractivity contribution >= 4 is 17.8 Å². The zero-order chi connectivity index (χ0) is 23.3. The zero-order valence-corrected chi connectivity index (χ0v) is 17.9. The standard InChI is InChI=1S/C24H23N3O6/c1-2-31-16-13-24(21(28)25-23(30)26-22(24)29)33-20-11-9-19(10-12-20)32-18-7-5-17(6-8-18)27-14-3-4-15-27/h3-12,14-15H,2,13,16H2,1H3,(H2,25,26,28,29,30). The number of carbonyl (C=O) groups is 3. The Morgan fingerprint density at radius 3 is 1.94 bits per heavy atom. The largest absolute Gasteiger partial charge is 0.467 e. The maximum absolute atomic E-state index is 12.6. The first kappa shape index (κ1) is 22.1. The summed E-state index contributed by atoms with van der Waals surface area (Å²) in [6.07, 6.45) is 3.86. The average Bonchev–Trinajstić information content (AvgIpc) is 3.34. The molecule has 0 radical (unpaired) electrons. The van der Waals surface area contributed by atoms with Gasteiger partial charge in [0.05, 0.1) is 6.61 Å². The van der Waals surface area contributed by atoms with E-state index in [0.29, 0.717) is 18.1 Å². The van der Waals surface area contributed by atoms with Gasteiger partial charge in [-0.1, -0.05) is 0 Å². The number of carbonyl (C=O) groups excluding carboxylic acids is 3. The summed E-state index contributed by atoms with van der Waals surface area (Å²) in [5.74, 6) is -0.205. The number of ether oxygens (including phenoxy) is 3. The molecule has 0 bridgehead atoms. The third kappa shape index (κ3) is 4.88. The summed E-state index contributed by atoms with van der Waals surface area (Å²) in [4.78, 5) is 36.6. The Balaban J connectivity index is 1.46. The lowest BCUT2D eigenvalue weighted by atomic mass is 9.95. The van der Waals surface area contributed by atoms with Crippen molar-refractivity contribution in [2.45, 2.75) is 18.9 Å². The van der Waals surface area contributed by atoms with Crippen LogP contribution < -0.4 is 20.1 Å². The summed E-state index contributed by atoms with van der Waals surface area (Å²) >= 11 is 0. The molecule has 2 N–H and O–H groups in total. The molecule has 33 heavy (non-hydrogen) atoms. The minimum absolute atomic E-state index is 0.0578. The number of rotatable bonds is 9. The second-order valence-corrected chi connectivity index (χ2v) is 7.27. The second-order valence-electron chi connectivity index (χ2n) is 7.27. The lowest BCUT2D eigenvalue weighted by Crippen LogP contribution is -2.69. The molecule has 2 heterocycles. The highest BCUT2D eigenvalue weighted by atomic mass is 16.5. The first-order valence-electron chi connectivity index (χ1n) is 10.4. The second kappa shape index (κ2) is 9.58. The summed E-state index contributed by atoms with van der Waals surface area (Å²) in [5.41, 5.74) is -0.907. The number of nitrogens with one attached hydrogen (secondary N) is 2. The van der Waals surface area contributed by atoms with E-state index in [1.54, 1.807) is 31.2 Å². The summed E-state index contributed by atoms with van der Waals surface area (Å²) in [6, 6.07) is 17.1. The molecule has 9 heteroatoms. The van der Waals surface area contributed by atoms with Gasteiger partial charge in [-0.25, -0.2) is 4.79 Å². The fraction of sp³-hybridized carbons (Fsp3) is 0.208. The number of benzene rings is 2. The Morgan fingerprint density at radius 2 is 1.36 bits per heavy atom. The Kier molecular flexibility index (Phi) is 6.41. The molecule has 1 aliphatic rings. The topological polar surface area (TPSA) is 108 Å². The van der Waals surface area contributed by atoms with E-state index >= 15 is 0 Å². The first-order chi connectivity index (χ1) is 16.0. The predicted molar refractivity (Wildman–Crippen MR) is 118 cm³/mol. The SMILES string of the molecule is CCOCCC1(Oc2ccc(Oc3ccc(-n4cccc4)cc3)cc2)C(=O)NC(=O)NC1=O. The van der Waals surface area contributed by atoms with Crippen LogP contribution in [0.2, 0.25) is 0 Å². The Bertz CT molecular complexity index is 1100. The van der Waals surface area contributed by atoms with Crippen LogP contribution in [-0.4, -0.2) is 41.2 Å². The Labute approximate surface area is 190 Å². The fourth-order valence-electron chi connectivity index (χ4n) is 3.38. The number of aromatic nitrogens is 1. The normalized spacial score (nSPS) is 15.0. The quantitative estimate of drug-likeness (QED) is 0.384. The zero-order valence-electron chi connectivity index (χ0n) is 17.9. The van der Waals surface area contributed by atoms with Crippen molar-refractivity contribution in [2.75, 3.05) is 13.2 Å². The molecule has 170 valence electrons. The fourth-order valence-corrected chi connectivity index (χ4v) is 3.38. The molecule has 0 unspecified atom stereocenters. The summed E-state index contributed by atoms with van der Waals surface area (Å²) in [6.45, 7) is 2.31. The highest BCUT2D eigenvalue weighted by Crippen LogP contribution is 2.29. The van der Waals surface area contributed by atoms with Gasteiger partial charge in [0.25, 0.3) is 17.4 Å². The van der Waals surface area contributed by atoms with Crippen molar-refractivity contribution in [1.82, 2.24) is 15.2 Å². The van der Waals surface area contributed by atoms with Crippen LogP contribution in [0.15, 0.2) is 73.1 Å². The van der Waals surface area contributed by atoms with E-state index in [1.165, 1.54) is 0 Å². The van der Waals surface area contributed by atoms with Crippen LogP contribution in [0.5, 0.6) is 17.2 Å². The first-order valence-corrected chi connectivity index (χ1v) is 10.4. The maximum atomic E-state index is 12.6. The van der Waals surface area contributed by atoms with Gasteiger partial charge in [-0.15, -0.1) is 0 Å². The van der Waals surface area contributed by atoms with Crippen molar-refractivity contribution < 1.29 is 28.6 Å². The van der Waals surface area contributed by atoms with E-state index < -0.39 is 23.4 Å². The lowest BCUT2D eigenvalue weighted by molar-refractivity contribution is -0.153. The molecule has 0 saturated carbocycles. The van der Waals surface area contributed by atoms with Gasteiger partial charge in [0.2, 0.25) is 0 Å². The molecule has 0 atom stereocenters. The molecule has 3 aromatic rings. The molecule has 0 spiro atoms.